The Bertz CT molecular complexity index is 549. The van der Waals surface area contributed by atoms with Crippen molar-refractivity contribution in [3.63, 3.8) is 0 Å². The van der Waals surface area contributed by atoms with E-state index in [1.165, 1.54) is 12.3 Å². The molecule has 18 heavy (non-hydrogen) atoms. The van der Waals surface area contributed by atoms with Crippen LogP contribution in [0.15, 0.2) is 36.9 Å². The largest absolute Gasteiger partial charge is 0.417 e. The Morgan fingerprint density at radius 3 is 2.72 bits per heavy atom. The zero-order valence-electron chi connectivity index (χ0n) is 8.95. The van der Waals surface area contributed by atoms with Crippen LogP contribution < -0.4 is 5.32 Å². The second kappa shape index (κ2) is 4.52. The number of amides is 1. The monoisotopic (exact) mass is 255 g/mol. The summed E-state index contributed by atoms with van der Waals surface area (Å²) in [4.78, 5) is 17.9. The molecule has 94 valence electrons. The number of hydrogen-bond donors (Lipinski definition) is 2. The van der Waals surface area contributed by atoms with Crippen LogP contribution in [-0.4, -0.2) is 15.9 Å². The minimum Gasteiger partial charge on any atom is -0.366 e. The van der Waals surface area contributed by atoms with Gasteiger partial charge in [-0.25, -0.2) is 0 Å². The molecule has 2 rings (SSSR count). The molecule has 0 bridgehead atoms. The van der Waals surface area contributed by atoms with Gasteiger partial charge in [-0.2, -0.15) is 13.2 Å². The third-order valence-corrected chi connectivity index (χ3v) is 2.23. The molecular formula is C11H8F3N3O. The van der Waals surface area contributed by atoms with Crippen LogP contribution in [-0.2, 0) is 6.18 Å². The molecule has 0 fully saturated rings. The number of pyridine rings is 1. The average molecular weight is 255 g/mol. The van der Waals surface area contributed by atoms with E-state index in [4.69, 9.17) is 0 Å². The van der Waals surface area contributed by atoms with E-state index in [-0.39, 0.29) is 0 Å². The fraction of sp³-hybridized carbons (Fsp3) is 0.0909. The molecule has 0 spiro atoms. The number of carbonyl (C=O) groups is 1. The summed E-state index contributed by atoms with van der Waals surface area (Å²) in [5.41, 5.74) is -1.13. The van der Waals surface area contributed by atoms with Crippen LogP contribution in [0.3, 0.4) is 0 Å². The number of anilines is 1. The molecule has 0 aliphatic carbocycles. The highest BCUT2D eigenvalue weighted by Gasteiger charge is 2.35. The van der Waals surface area contributed by atoms with Gasteiger partial charge in [0.2, 0.25) is 0 Å². The highest BCUT2D eigenvalue weighted by atomic mass is 19.4. The van der Waals surface area contributed by atoms with Gasteiger partial charge in [-0.15, -0.1) is 0 Å². The lowest BCUT2D eigenvalue weighted by molar-refractivity contribution is -0.137. The molecule has 2 N–H and O–H groups in total. The van der Waals surface area contributed by atoms with Gasteiger partial charge in [0.25, 0.3) is 5.91 Å². The van der Waals surface area contributed by atoms with Crippen LogP contribution >= 0.6 is 0 Å². The van der Waals surface area contributed by atoms with Gasteiger partial charge in [0.05, 0.1) is 16.8 Å². The van der Waals surface area contributed by atoms with Crippen molar-refractivity contribution in [3.05, 3.63) is 48.0 Å². The number of rotatable bonds is 2. The van der Waals surface area contributed by atoms with Crippen molar-refractivity contribution >= 4 is 11.6 Å². The van der Waals surface area contributed by atoms with E-state index in [1.54, 1.807) is 6.20 Å². The molecule has 2 heterocycles. The van der Waals surface area contributed by atoms with Crippen molar-refractivity contribution in [1.82, 2.24) is 9.97 Å². The van der Waals surface area contributed by atoms with Gasteiger partial charge in [0, 0.05) is 24.8 Å². The third-order valence-electron chi connectivity index (χ3n) is 2.23. The summed E-state index contributed by atoms with van der Waals surface area (Å²) < 4.78 is 38.0. The minimum absolute atomic E-state index is 0.386. The molecule has 0 atom stereocenters. The molecule has 4 nitrogen and oxygen atoms in total. The van der Waals surface area contributed by atoms with Gasteiger partial charge in [-0.05, 0) is 12.1 Å². The van der Waals surface area contributed by atoms with Gasteiger partial charge < -0.3 is 10.3 Å². The number of aromatic nitrogens is 2. The first kappa shape index (κ1) is 12.2. The molecule has 2 aromatic heterocycles. The fourth-order valence-electron chi connectivity index (χ4n) is 1.42. The number of nitrogens with one attached hydrogen (secondary N) is 2. The molecule has 0 saturated heterocycles. The summed E-state index contributed by atoms with van der Waals surface area (Å²) in [6.45, 7) is 0. The molecule has 0 unspecified atom stereocenters. The molecule has 0 radical (unpaired) electrons. The Kier molecular flexibility index (Phi) is 3.05. The highest BCUT2D eigenvalue weighted by molar-refractivity contribution is 6.05. The SMILES string of the molecule is O=C(Nc1cc[nH]c1)c1cnccc1C(F)(F)F. The van der Waals surface area contributed by atoms with E-state index in [0.29, 0.717) is 5.69 Å². The lowest BCUT2D eigenvalue weighted by Crippen LogP contribution is -2.18. The van der Waals surface area contributed by atoms with Crippen molar-refractivity contribution in [2.24, 2.45) is 0 Å². The van der Waals surface area contributed by atoms with Crippen molar-refractivity contribution in [2.75, 3.05) is 5.32 Å². The first-order valence-electron chi connectivity index (χ1n) is 4.94. The van der Waals surface area contributed by atoms with Crippen molar-refractivity contribution in [1.29, 1.82) is 0 Å². The molecule has 0 aliphatic heterocycles. The van der Waals surface area contributed by atoms with Gasteiger partial charge in [0.15, 0.2) is 0 Å². The Hall–Kier alpha value is -2.31. The Balaban J connectivity index is 2.31. The topological polar surface area (TPSA) is 57.8 Å². The van der Waals surface area contributed by atoms with Crippen LogP contribution in [0.1, 0.15) is 15.9 Å². The standard InChI is InChI=1S/C11H8F3N3O/c12-11(13,14)9-2-4-16-6-8(9)10(18)17-7-1-3-15-5-7/h1-6,15H,(H,17,18). The second-order valence-electron chi connectivity index (χ2n) is 3.47. The molecular weight excluding hydrogens is 247 g/mol. The van der Waals surface area contributed by atoms with E-state index in [9.17, 15) is 18.0 Å². The maximum Gasteiger partial charge on any atom is 0.417 e. The second-order valence-corrected chi connectivity index (χ2v) is 3.47. The quantitative estimate of drug-likeness (QED) is 0.866. The number of carbonyl (C=O) groups excluding carboxylic acids is 1. The third kappa shape index (κ3) is 2.50. The smallest absolute Gasteiger partial charge is 0.366 e. The van der Waals surface area contributed by atoms with Gasteiger partial charge >= 0.3 is 6.18 Å². The number of nitrogens with zero attached hydrogens (tertiary/aromatic N) is 1. The maximum atomic E-state index is 12.7. The predicted octanol–water partition coefficient (Wildman–Crippen LogP) is 2.68. The van der Waals surface area contributed by atoms with E-state index in [2.05, 4.69) is 15.3 Å². The van der Waals surface area contributed by atoms with E-state index in [0.717, 1.165) is 18.5 Å². The van der Waals surface area contributed by atoms with Crippen molar-refractivity contribution in [3.8, 4) is 0 Å². The number of aromatic amines is 1. The summed E-state index contributed by atoms with van der Waals surface area (Å²) in [6.07, 6.45) is 0.305. The van der Waals surface area contributed by atoms with Gasteiger partial charge in [0.1, 0.15) is 0 Å². The number of alkyl halides is 3. The predicted molar refractivity (Wildman–Crippen MR) is 58.0 cm³/mol. The molecule has 1 amide bonds. The summed E-state index contributed by atoms with van der Waals surface area (Å²) >= 11 is 0. The molecule has 7 heteroatoms. The number of halogens is 3. The molecule has 0 aliphatic rings. The van der Waals surface area contributed by atoms with Gasteiger partial charge in [-0.3, -0.25) is 9.78 Å². The number of H-pyrrole nitrogens is 1. The Morgan fingerprint density at radius 2 is 2.11 bits per heavy atom. The number of hydrogen-bond acceptors (Lipinski definition) is 2. The zero-order valence-corrected chi connectivity index (χ0v) is 8.95. The van der Waals surface area contributed by atoms with Crippen LogP contribution in [0, 0.1) is 0 Å². The van der Waals surface area contributed by atoms with Crippen LogP contribution in [0.4, 0.5) is 18.9 Å². The van der Waals surface area contributed by atoms with Crippen LogP contribution in [0.25, 0.3) is 0 Å². The fourth-order valence-corrected chi connectivity index (χ4v) is 1.42. The van der Waals surface area contributed by atoms with Gasteiger partial charge in [-0.1, -0.05) is 0 Å². The van der Waals surface area contributed by atoms with Crippen molar-refractivity contribution in [2.45, 2.75) is 6.18 Å². The minimum atomic E-state index is -4.59. The zero-order chi connectivity index (χ0) is 13.2. The lowest BCUT2D eigenvalue weighted by atomic mass is 10.1. The first-order valence-corrected chi connectivity index (χ1v) is 4.94. The summed E-state index contributed by atoms with van der Waals surface area (Å²) in [5, 5.41) is 2.34. The average Bonchev–Trinajstić information content (AvgIpc) is 2.80. The Morgan fingerprint density at radius 1 is 1.33 bits per heavy atom. The summed E-state index contributed by atoms with van der Waals surface area (Å²) in [6, 6.07) is 2.30. The molecule has 0 saturated carbocycles. The first-order chi connectivity index (χ1) is 8.48. The normalized spacial score (nSPS) is 11.3. The summed E-state index contributed by atoms with van der Waals surface area (Å²) in [7, 11) is 0. The van der Waals surface area contributed by atoms with E-state index in [1.807, 2.05) is 0 Å². The van der Waals surface area contributed by atoms with Crippen LogP contribution in [0.2, 0.25) is 0 Å². The highest BCUT2D eigenvalue weighted by Crippen LogP contribution is 2.31. The maximum absolute atomic E-state index is 12.7. The summed E-state index contributed by atoms with van der Waals surface area (Å²) in [5.74, 6) is -0.852. The van der Waals surface area contributed by atoms with E-state index >= 15 is 0 Å². The lowest BCUT2D eigenvalue weighted by Gasteiger charge is -2.11. The molecule has 2 aromatic rings. The molecule has 0 aromatic carbocycles. The Labute approximate surface area is 99.9 Å². The van der Waals surface area contributed by atoms with Crippen LogP contribution in [0.5, 0.6) is 0 Å². The van der Waals surface area contributed by atoms with E-state index < -0.39 is 23.2 Å². The van der Waals surface area contributed by atoms with Crippen molar-refractivity contribution < 1.29 is 18.0 Å².